The van der Waals surface area contributed by atoms with Crippen molar-refractivity contribution >= 4 is 33.3 Å². The molecule has 0 radical (unpaired) electrons. The molecule has 1 aromatic carbocycles. The minimum Gasteiger partial charge on any atom is -0.385 e. The van der Waals surface area contributed by atoms with Gasteiger partial charge in [0.05, 0.1) is 5.69 Å². The number of anilines is 3. The summed E-state index contributed by atoms with van der Waals surface area (Å²) < 4.78 is 6.02. The molecule has 0 amide bonds. The molecule has 0 aliphatic rings. The van der Waals surface area contributed by atoms with Gasteiger partial charge in [0.2, 0.25) is 0 Å². The molecule has 2 aromatic rings. The Kier molecular flexibility index (Phi) is 5.95. The Morgan fingerprint density at radius 1 is 1.19 bits per heavy atom. The van der Waals surface area contributed by atoms with E-state index < -0.39 is 0 Å². The van der Waals surface area contributed by atoms with E-state index in [1.165, 1.54) is 5.56 Å². The summed E-state index contributed by atoms with van der Waals surface area (Å²) in [4.78, 5) is 8.44. The van der Waals surface area contributed by atoms with E-state index in [1.807, 2.05) is 12.1 Å². The van der Waals surface area contributed by atoms with Crippen LogP contribution in [0.1, 0.15) is 12.0 Å². The summed E-state index contributed by atoms with van der Waals surface area (Å²) in [5.41, 5.74) is 2.18. The molecular weight excluding hydrogens is 332 g/mol. The molecular formula is C15H19BrN4O. The summed E-state index contributed by atoms with van der Waals surface area (Å²) in [5.74, 6) is 1.55. The number of nitrogens with zero attached hydrogens (tertiary/aromatic N) is 2. The van der Waals surface area contributed by atoms with Crippen LogP contribution in [-0.4, -0.2) is 30.2 Å². The molecule has 0 saturated heterocycles. The molecule has 0 spiro atoms. The SMILES string of the molecule is COCCCNc1cc(Nc2ccc(C)cc2Br)ncn1. The third-order valence-corrected chi connectivity index (χ3v) is 3.54. The van der Waals surface area contributed by atoms with Gasteiger partial charge in [0.25, 0.3) is 0 Å². The molecule has 5 nitrogen and oxygen atoms in total. The van der Waals surface area contributed by atoms with Crippen LogP contribution in [0.25, 0.3) is 0 Å². The van der Waals surface area contributed by atoms with Gasteiger partial charge in [-0.3, -0.25) is 0 Å². The first-order valence-electron chi connectivity index (χ1n) is 6.77. The highest BCUT2D eigenvalue weighted by atomic mass is 79.9. The number of nitrogens with one attached hydrogen (secondary N) is 2. The number of hydrogen-bond donors (Lipinski definition) is 2. The topological polar surface area (TPSA) is 59.1 Å². The molecule has 0 aliphatic heterocycles. The molecule has 0 atom stereocenters. The lowest BCUT2D eigenvalue weighted by Crippen LogP contribution is -2.06. The lowest BCUT2D eigenvalue weighted by Gasteiger charge is -2.10. The van der Waals surface area contributed by atoms with Gasteiger partial charge in [0.15, 0.2) is 0 Å². The Morgan fingerprint density at radius 3 is 2.76 bits per heavy atom. The number of rotatable bonds is 7. The highest BCUT2D eigenvalue weighted by molar-refractivity contribution is 9.10. The fraction of sp³-hybridized carbons (Fsp3) is 0.333. The van der Waals surface area contributed by atoms with E-state index in [9.17, 15) is 0 Å². The Hall–Kier alpha value is -1.66. The number of aromatic nitrogens is 2. The number of aryl methyl sites for hydroxylation is 1. The Labute approximate surface area is 133 Å². The van der Waals surface area contributed by atoms with E-state index in [1.54, 1.807) is 13.4 Å². The lowest BCUT2D eigenvalue weighted by atomic mass is 10.2. The minimum absolute atomic E-state index is 0.736. The van der Waals surface area contributed by atoms with Crippen LogP contribution in [0.5, 0.6) is 0 Å². The maximum atomic E-state index is 5.01. The molecule has 0 aliphatic carbocycles. The first-order valence-corrected chi connectivity index (χ1v) is 7.56. The van der Waals surface area contributed by atoms with Gasteiger partial charge in [0, 0.05) is 30.8 Å². The molecule has 0 unspecified atom stereocenters. The Bertz CT molecular complexity index is 592. The number of halogens is 1. The largest absolute Gasteiger partial charge is 0.385 e. The summed E-state index contributed by atoms with van der Waals surface area (Å²) in [6, 6.07) is 8.03. The van der Waals surface area contributed by atoms with Crippen molar-refractivity contribution in [3.8, 4) is 0 Å². The number of methoxy groups -OCH3 is 1. The molecule has 0 saturated carbocycles. The van der Waals surface area contributed by atoms with Gasteiger partial charge < -0.3 is 15.4 Å². The maximum absolute atomic E-state index is 5.01. The predicted octanol–water partition coefficient (Wildman–Crippen LogP) is 3.74. The third kappa shape index (κ3) is 4.99. The monoisotopic (exact) mass is 350 g/mol. The second-order valence-corrected chi connectivity index (χ2v) is 5.52. The van der Waals surface area contributed by atoms with Crippen LogP contribution in [0.3, 0.4) is 0 Å². The molecule has 21 heavy (non-hydrogen) atoms. The van der Waals surface area contributed by atoms with Crippen LogP contribution in [0, 0.1) is 6.92 Å². The van der Waals surface area contributed by atoms with E-state index in [0.29, 0.717) is 0 Å². The van der Waals surface area contributed by atoms with Crippen molar-refractivity contribution in [3.05, 3.63) is 40.6 Å². The fourth-order valence-corrected chi connectivity index (χ4v) is 2.41. The van der Waals surface area contributed by atoms with Gasteiger partial charge in [-0.1, -0.05) is 6.07 Å². The fourth-order valence-electron chi connectivity index (χ4n) is 1.81. The van der Waals surface area contributed by atoms with Crippen LogP contribution in [0.15, 0.2) is 35.1 Å². The van der Waals surface area contributed by atoms with Crippen LogP contribution >= 0.6 is 15.9 Å². The Balaban J connectivity index is 2.00. The van der Waals surface area contributed by atoms with E-state index in [4.69, 9.17) is 4.74 Å². The molecule has 6 heteroatoms. The average molecular weight is 351 g/mol. The van der Waals surface area contributed by atoms with Gasteiger partial charge >= 0.3 is 0 Å². The van der Waals surface area contributed by atoms with Crippen LogP contribution in [-0.2, 0) is 4.74 Å². The zero-order valence-electron chi connectivity index (χ0n) is 12.2. The van der Waals surface area contributed by atoms with Gasteiger partial charge in [-0.2, -0.15) is 0 Å². The summed E-state index contributed by atoms with van der Waals surface area (Å²) in [5, 5.41) is 6.53. The second-order valence-electron chi connectivity index (χ2n) is 4.67. The summed E-state index contributed by atoms with van der Waals surface area (Å²) in [6.45, 7) is 3.61. The van der Waals surface area contributed by atoms with Gasteiger partial charge in [-0.25, -0.2) is 9.97 Å². The van der Waals surface area contributed by atoms with Crippen molar-refractivity contribution in [2.24, 2.45) is 0 Å². The molecule has 2 rings (SSSR count). The Morgan fingerprint density at radius 2 is 2.00 bits per heavy atom. The van der Waals surface area contributed by atoms with Gasteiger partial charge in [0.1, 0.15) is 18.0 Å². The quantitative estimate of drug-likeness (QED) is 0.745. The highest BCUT2D eigenvalue weighted by Gasteiger charge is 2.03. The van der Waals surface area contributed by atoms with E-state index in [2.05, 4.69) is 55.6 Å². The molecule has 1 aromatic heterocycles. The van der Waals surface area contributed by atoms with Crippen molar-refractivity contribution in [1.29, 1.82) is 0 Å². The van der Waals surface area contributed by atoms with Crippen molar-refractivity contribution in [2.45, 2.75) is 13.3 Å². The highest BCUT2D eigenvalue weighted by Crippen LogP contribution is 2.26. The summed E-state index contributed by atoms with van der Waals surface area (Å²) in [6.07, 6.45) is 2.48. The van der Waals surface area contributed by atoms with E-state index in [-0.39, 0.29) is 0 Å². The maximum Gasteiger partial charge on any atom is 0.135 e. The second kappa shape index (κ2) is 7.95. The normalized spacial score (nSPS) is 10.4. The number of benzene rings is 1. The molecule has 2 N–H and O–H groups in total. The number of hydrogen-bond acceptors (Lipinski definition) is 5. The molecule has 0 bridgehead atoms. The van der Waals surface area contributed by atoms with Crippen LogP contribution in [0.2, 0.25) is 0 Å². The van der Waals surface area contributed by atoms with Crippen molar-refractivity contribution in [1.82, 2.24) is 9.97 Å². The average Bonchev–Trinajstić information content (AvgIpc) is 2.47. The zero-order chi connectivity index (χ0) is 15.1. The first kappa shape index (κ1) is 15.7. The standard InChI is InChI=1S/C15H19BrN4O/c1-11-4-5-13(12(16)8-11)20-15-9-14(18-10-19-15)17-6-3-7-21-2/h4-5,8-10H,3,6-7H2,1-2H3,(H2,17,18,19,20). The summed E-state index contributed by atoms with van der Waals surface area (Å²) >= 11 is 3.55. The third-order valence-electron chi connectivity index (χ3n) is 2.89. The van der Waals surface area contributed by atoms with E-state index >= 15 is 0 Å². The van der Waals surface area contributed by atoms with E-state index in [0.717, 1.165) is 41.4 Å². The minimum atomic E-state index is 0.736. The zero-order valence-corrected chi connectivity index (χ0v) is 13.8. The lowest BCUT2D eigenvalue weighted by molar-refractivity contribution is 0.198. The van der Waals surface area contributed by atoms with Gasteiger partial charge in [-0.05, 0) is 47.0 Å². The van der Waals surface area contributed by atoms with Crippen molar-refractivity contribution in [3.63, 3.8) is 0 Å². The van der Waals surface area contributed by atoms with Crippen molar-refractivity contribution in [2.75, 3.05) is 30.9 Å². The van der Waals surface area contributed by atoms with Crippen LogP contribution in [0.4, 0.5) is 17.3 Å². The van der Waals surface area contributed by atoms with Gasteiger partial charge in [-0.15, -0.1) is 0 Å². The molecule has 112 valence electrons. The first-order chi connectivity index (χ1) is 10.2. The molecule has 1 heterocycles. The molecule has 0 fully saturated rings. The summed E-state index contributed by atoms with van der Waals surface area (Å²) in [7, 11) is 1.70. The number of ether oxygens (including phenoxy) is 1. The van der Waals surface area contributed by atoms with Crippen molar-refractivity contribution < 1.29 is 4.74 Å². The van der Waals surface area contributed by atoms with Crippen LogP contribution < -0.4 is 10.6 Å². The predicted molar refractivity (Wildman–Crippen MR) is 89.2 cm³/mol. The smallest absolute Gasteiger partial charge is 0.135 e.